The number of benzene rings is 1. The zero-order chi connectivity index (χ0) is 25.0. The molecule has 1 amide bonds. The Bertz CT molecular complexity index is 1290. The number of nitrogens with zero attached hydrogens (tertiary/aromatic N) is 2. The lowest BCUT2D eigenvalue weighted by atomic mass is 10.2. The van der Waals surface area contributed by atoms with Gasteiger partial charge >= 0.3 is 11.9 Å². The fraction of sp³-hybridized carbons (Fsp3) is 0.375. The van der Waals surface area contributed by atoms with Crippen LogP contribution in [-0.4, -0.2) is 40.1 Å². The average Bonchev–Trinajstić information content (AvgIpc) is 3.11. The molecule has 0 unspecified atom stereocenters. The lowest BCUT2D eigenvalue weighted by molar-refractivity contribution is -0.116. The molecule has 0 atom stereocenters. The smallest absolute Gasteiger partial charge is 0.348 e. The fourth-order valence-corrected chi connectivity index (χ4v) is 4.17. The molecular formula is C24H27N3O6S. The van der Waals surface area contributed by atoms with Gasteiger partial charge in [-0.25, -0.2) is 14.6 Å². The van der Waals surface area contributed by atoms with E-state index >= 15 is 0 Å². The fourth-order valence-electron chi connectivity index (χ4n) is 3.14. The molecule has 0 spiro atoms. The Hall–Kier alpha value is -3.53. The van der Waals surface area contributed by atoms with E-state index in [1.807, 2.05) is 13.8 Å². The third-order valence-electron chi connectivity index (χ3n) is 4.69. The summed E-state index contributed by atoms with van der Waals surface area (Å²) in [5.74, 6) is -1.27. The van der Waals surface area contributed by atoms with Crippen LogP contribution < -0.4 is 10.9 Å². The van der Waals surface area contributed by atoms with Crippen LogP contribution >= 0.6 is 11.3 Å². The second-order valence-electron chi connectivity index (χ2n) is 8.49. The Morgan fingerprint density at radius 3 is 2.56 bits per heavy atom. The van der Waals surface area contributed by atoms with E-state index in [1.54, 1.807) is 39.0 Å². The van der Waals surface area contributed by atoms with Crippen molar-refractivity contribution in [1.82, 2.24) is 9.55 Å². The summed E-state index contributed by atoms with van der Waals surface area (Å²) in [4.78, 5) is 55.1. The number of anilines is 1. The number of ether oxygens (including phenoxy) is 2. The summed E-state index contributed by atoms with van der Waals surface area (Å²) in [6, 6.07) is 6.35. The van der Waals surface area contributed by atoms with Crippen LogP contribution in [-0.2, 0) is 20.8 Å². The predicted octanol–water partition coefficient (Wildman–Crippen LogP) is 3.78. The third-order valence-corrected chi connectivity index (χ3v) is 5.87. The van der Waals surface area contributed by atoms with Gasteiger partial charge in [0.25, 0.3) is 5.56 Å². The maximum Gasteiger partial charge on any atom is 0.348 e. The van der Waals surface area contributed by atoms with Crippen LogP contribution in [0.4, 0.5) is 5.69 Å². The number of aromatic nitrogens is 2. The van der Waals surface area contributed by atoms with Gasteiger partial charge in [-0.2, -0.15) is 0 Å². The average molecular weight is 486 g/mol. The van der Waals surface area contributed by atoms with E-state index in [1.165, 1.54) is 17.0 Å². The number of nitrogens with one attached hydrogen (secondary N) is 1. The standard InChI is InChI=1S/C24H27N3O6S/c1-13(2)11-32-24(31)20-15(5)19-21(34-20)25-12-27(22(19)29)10-18(28)26-17-8-6-7-16(9-17)23(30)33-14(3)4/h6-9,12-14H,10-11H2,1-5H3,(H,26,28). The molecule has 180 valence electrons. The molecule has 0 aliphatic carbocycles. The first-order valence-electron chi connectivity index (χ1n) is 10.8. The number of rotatable bonds is 8. The largest absolute Gasteiger partial charge is 0.461 e. The first-order valence-corrected chi connectivity index (χ1v) is 11.6. The molecule has 1 N–H and O–H groups in total. The van der Waals surface area contributed by atoms with Crippen LogP contribution in [0.1, 0.15) is 53.3 Å². The van der Waals surface area contributed by atoms with Gasteiger partial charge < -0.3 is 14.8 Å². The number of carbonyl (C=O) groups excluding carboxylic acids is 3. The molecule has 10 heteroatoms. The van der Waals surface area contributed by atoms with Crippen LogP contribution in [0, 0.1) is 12.8 Å². The summed E-state index contributed by atoms with van der Waals surface area (Å²) in [7, 11) is 0. The molecule has 0 aliphatic rings. The first kappa shape index (κ1) is 25.1. The summed E-state index contributed by atoms with van der Waals surface area (Å²) in [6.07, 6.45) is 1.01. The van der Waals surface area contributed by atoms with E-state index in [2.05, 4.69) is 10.3 Å². The zero-order valence-electron chi connectivity index (χ0n) is 19.7. The Morgan fingerprint density at radius 2 is 1.88 bits per heavy atom. The molecule has 1 aromatic carbocycles. The number of aryl methyl sites for hydroxylation is 1. The highest BCUT2D eigenvalue weighted by atomic mass is 32.1. The lowest BCUT2D eigenvalue weighted by Gasteiger charge is -2.10. The normalized spacial score (nSPS) is 11.1. The molecule has 0 bridgehead atoms. The first-order chi connectivity index (χ1) is 16.1. The quantitative estimate of drug-likeness (QED) is 0.483. The van der Waals surface area contributed by atoms with Crippen molar-refractivity contribution in [3.8, 4) is 0 Å². The number of thiophene rings is 1. The molecule has 2 aromatic heterocycles. The molecule has 0 saturated carbocycles. The summed E-state index contributed by atoms with van der Waals surface area (Å²) in [5, 5.41) is 2.96. The van der Waals surface area contributed by atoms with E-state index in [-0.39, 0.29) is 30.6 Å². The van der Waals surface area contributed by atoms with Crippen molar-refractivity contribution >= 4 is 45.1 Å². The van der Waals surface area contributed by atoms with E-state index < -0.39 is 23.4 Å². The Labute approximate surface area is 200 Å². The molecule has 9 nitrogen and oxygen atoms in total. The van der Waals surface area contributed by atoms with Crippen LogP contribution in [0.15, 0.2) is 35.4 Å². The van der Waals surface area contributed by atoms with Gasteiger partial charge in [0.05, 0.1) is 30.0 Å². The molecule has 34 heavy (non-hydrogen) atoms. The van der Waals surface area contributed by atoms with Crippen molar-refractivity contribution in [3.63, 3.8) is 0 Å². The SMILES string of the molecule is Cc1c(C(=O)OCC(C)C)sc2ncn(CC(=O)Nc3cccc(C(=O)OC(C)C)c3)c(=O)c12. The highest BCUT2D eigenvalue weighted by Gasteiger charge is 2.21. The number of amides is 1. The summed E-state index contributed by atoms with van der Waals surface area (Å²) >= 11 is 1.09. The van der Waals surface area contributed by atoms with Crippen LogP contribution in [0.2, 0.25) is 0 Å². The minimum atomic E-state index is -0.493. The Morgan fingerprint density at radius 1 is 1.15 bits per heavy atom. The minimum absolute atomic E-state index is 0.189. The van der Waals surface area contributed by atoms with Crippen molar-refractivity contribution in [2.45, 2.75) is 47.3 Å². The highest BCUT2D eigenvalue weighted by Crippen LogP contribution is 2.27. The lowest BCUT2D eigenvalue weighted by Crippen LogP contribution is -2.28. The van der Waals surface area contributed by atoms with Gasteiger partial charge in [0.2, 0.25) is 5.91 Å². The zero-order valence-corrected chi connectivity index (χ0v) is 20.5. The Balaban J connectivity index is 1.78. The van der Waals surface area contributed by atoms with Gasteiger partial charge in [0.1, 0.15) is 16.3 Å². The number of hydrogen-bond acceptors (Lipinski definition) is 8. The second-order valence-corrected chi connectivity index (χ2v) is 9.49. The van der Waals surface area contributed by atoms with Gasteiger partial charge in [-0.05, 0) is 50.5 Å². The van der Waals surface area contributed by atoms with E-state index in [0.717, 1.165) is 11.3 Å². The molecule has 3 rings (SSSR count). The van der Waals surface area contributed by atoms with Crippen molar-refractivity contribution in [2.24, 2.45) is 5.92 Å². The predicted molar refractivity (Wildman–Crippen MR) is 129 cm³/mol. The van der Waals surface area contributed by atoms with E-state index in [9.17, 15) is 19.2 Å². The van der Waals surface area contributed by atoms with Crippen LogP contribution in [0.3, 0.4) is 0 Å². The summed E-state index contributed by atoms with van der Waals surface area (Å²) in [5.41, 5.74) is 0.758. The molecule has 2 heterocycles. The Kier molecular flexibility index (Phi) is 7.83. The number of hydrogen-bond donors (Lipinski definition) is 1. The van der Waals surface area contributed by atoms with Crippen molar-refractivity contribution in [2.75, 3.05) is 11.9 Å². The number of esters is 2. The summed E-state index contributed by atoms with van der Waals surface area (Å²) < 4.78 is 11.6. The van der Waals surface area contributed by atoms with Gasteiger partial charge in [-0.3, -0.25) is 14.2 Å². The summed E-state index contributed by atoms with van der Waals surface area (Å²) in [6.45, 7) is 9.02. The number of fused-ring (bicyclic) bond motifs is 1. The molecule has 3 aromatic rings. The van der Waals surface area contributed by atoms with Gasteiger partial charge in [0.15, 0.2) is 0 Å². The topological polar surface area (TPSA) is 117 Å². The van der Waals surface area contributed by atoms with Crippen molar-refractivity contribution in [3.05, 3.63) is 57.0 Å². The maximum atomic E-state index is 13.0. The second kappa shape index (κ2) is 10.6. The van der Waals surface area contributed by atoms with Crippen LogP contribution in [0.5, 0.6) is 0 Å². The van der Waals surface area contributed by atoms with Crippen LogP contribution in [0.25, 0.3) is 10.2 Å². The van der Waals surface area contributed by atoms with Gasteiger partial charge in [-0.1, -0.05) is 19.9 Å². The molecular weight excluding hydrogens is 458 g/mol. The van der Waals surface area contributed by atoms with Crippen molar-refractivity contribution in [1.29, 1.82) is 0 Å². The highest BCUT2D eigenvalue weighted by molar-refractivity contribution is 7.20. The van der Waals surface area contributed by atoms with E-state index in [0.29, 0.717) is 26.5 Å². The maximum absolute atomic E-state index is 13.0. The van der Waals surface area contributed by atoms with Gasteiger partial charge in [0, 0.05) is 5.69 Å². The van der Waals surface area contributed by atoms with E-state index in [4.69, 9.17) is 9.47 Å². The van der Waals surface area contributed by atoms with Gasteiger partial charge in [-0.15, -0.1) is 11.3 Å². The number of carbonyl (C=O) groups is 3. The molecule has 0 radical (unpaired) electrons. The molecule has 0 aliphatic heterocycles. The molecule has 0 fully saturated rings. The van der Waals surface area contributed by atoms with Crippen molar-refractivity contribution < 1.29 is 23.9 Å². The third kappa shape index (κ3) is 5.88. The minimum Gasteiger partial charge on any atom is -0.461 e. The monoisotopic (exact) mass is 485 g/mol. The molecule has 0 saturated heterocycles.